The van der Waals surface area contributed by atoms with E-state index in [4.69, 9.17) is 4.74 Å². The topological polar surface area (TPSA) is 68.2 Å². The maximum Gasteiger partial charge on any atom is 0.251 e. The summed E-state index contributed by atoms with van der Waals surface area (Å²) in [7, 11) is 1.66. The number of carbonyl (C=O) groups is 1. The van der Waals surface area contributed by atoms with Crippen LogP contribution in [0, 0.1) is 6.92 Å². The van der Waals surface area contributed by atoms with E-state index in [-0.39, 0.29) is 18.3 Å². The number of nitrogens with zero attached hydrogens (tertiary/aromatic N) is 2. The molecular weight excluding hydrogens is 316 g/mol. The van der Waals surface area contributed by atoms with Gasteiger partial charge in [0.25, 0.3) is 5.91 Å². The number of amides is 1. The van der Waals surface area contributed by atoms with E-state index >= 15 is 0 Å². The van der Waals surface area contributed by atoms with E-state index in [1.807, 2.05) is 41.9 Å². The Balaban J connectivity index is 0.00000264. The summed E-state index contributed by atoms with van der Waals surface area (Å²) in [6.45, 7) is 4.75. The second kappa shape index (κ2) is 9.99. The first-order valence-corrected chi connectivity index (χ1v) is 7.31. The van der Waals surface area contributed by atoms with Crippen molar-refractivity contribution in [3.8, 4) is 5.69 Å². The molecule has 0 saturated heterocycles. The molecule has 0 aliphatic heterocycles. The molecule has 2 aromatic rings. The molecule has 0 saturated carbocycles. The van der Waals surface area contributed by atoms with Crippen LogP contribution in [-0.4, -0.2) is 49.0 Å². The molecule has 2 N–H and O–H groups in total. The number of aryl methyl sites for hydroxylation is 1. The molecule has 6 nitrogen and oxygen atoms in total. The summed E-state index contributed by atoms with van der Waals surface area (Å²) in [5, 5.41) is 10.3. The zero-order valence-corrected chi connectivity index (χ0v) is 14.2. The summed E-state index contributed by atoms with van der Waals surface area (Å²) in [5.74, 6) is -0.0720. The van der Waals surface area contributed by atoms with Crippen molar-refractivity contribution < 1.29 is 9.53 Å². The van der Waals surface area contributed by atoms with Gasteiger partial charge in [0.1, 0.15) is 0 Å². The van der Waals surface area contributed by atoms with Crippen LogP contribution in [0.25, 0.3) is 5.69 Å². The number of ether oxygens (including phenoxy) is 1. The Morgan fingerprint density at radius 2 is 1.91 bits per heavy atom. The molecule has 1 amide bonds. The average molecular weight is 339 g/mol. The Bertz CT molecular complexity index is 598. The molecule has 0 atom stereocenters. The van der Waals surface area contributed by atoms with Gasteiger partial charge in [-0.05, 0) is 37.3 Å². The Labute approximate surface area is 142 Å². The van der Waals surface area contributed by atoms with Gasteiger partial charge in [-0.25, -0.2) is 4.68 Å². The summed E-state index contributed by atoms with van der Waals surface area (Å²) in [5.41, 5.74) is 2.64. The molecule has 0 aliphatic rings. The number of benzene rings is 1. The molecular formula is C16H23ClN4O2. The molecule has 126 valence electrons. The lowest BCUT2D eigenvalue weighted by Gasteiger charge is -2.08. The fourth-order valence-electron chi connectivity index (χ4n) is 2.06. The fraction of sp³-hybridized carbons (Fsp3) is 0.375. The maximum atomic E-state index is 12.0. The van der Waals surface area contributed by atoms with E-state index in [1.54, 1.807) is 13.3 Å². The molecule has 1 aromatic heterocycles. The minimum absolute atomic E-state index is 0. The van der Waals surface area contributed by atoms with E-state index in [9.17, 15) is 4.79 Å². The van der Waals surface area contributed by atoms with Gasteiger partial charge in [-0.1, -0.05) is 0 Å². The minimum atomic E-state index is -0.0720. The number of hydrogen-bond donors (Lipinski definition) is 2. The van der Waals surface area contributed by atoms with Crippen molar-refractivity contribution in [1.82, 2.24) is 20.4 Å². The van der Waals surface area contributed by atoms with Gasteiger partial charge in [0.05, 0.1) is 12.3 Å². The zero-order valence-electron chi connectivity index (χ0n) is 13.4. The van der Waals surface area contributed by atoms with Gasteiger partial charge in [-0.2, -0.15) is 5.10 Å². The fourth-order valence-corrected chi connectivity index (χ4v) is 2.06. The van der Waals surface area contributed by atoms with Crippen LogP contribution in [0.4, 0.5) is 0 Å². The first-order valence-electron chi connectivity index (χ1n) is 7.31. The molecule has 0 spiro atoms. The number of hydrogen-bond acceptors (Lipinski definition) is 4. The van der Waals surface area contributed by atoms with Crippen LogP contribution in [0.2, 0.25) is 0 Å². The van der Waals surface area contributed by atoms with Gasteiger partial charge in [-0.15, -0.1) is 12.4 Å². The molecule has 0 unspecified atom stereocenters. The molecule has 1 heterocycles. The molecule has 0 fully saturated rings. The lowest BCUT2D eigenvalue weighted by molar-refractivity contribution is 0.0953. The second-order valence-corrected chi connectivity index (χ2v) is 4.93. The van der Waals surface area contributed by atoms with Gasteiger partial charge in [0.2, 0.25) is 0 Å². The van der Waals surface area contributed by atoms with E-state index in [0.29, 0.717) is 18.7 Å². The third kappa shape index (κ3) is 5.67. The van der Waals surface area contributed by atoms with Crippen molar-refractivity contribution in [3.63, 3.8) is 0 Å². The van der Waals surface area contributed by atoms with Crippen LogP contribution in [0.5, 0.6) is 0 Å². The summed E-state index contributed by atoms with van der Waals surface area (Å²) < 4.78 is 6.77. The molecule has 2 rings (SSSR count). The van der Waals surface area contributed by atoms with E-state index in [1.165, 1.54) is 0 Å². The third-order valence-corrected chi connectivity index (χ3v) is 3.28. The standard InChI is InChI=1S/C16H22N4O2.ClH/c1-13-7-8-19-20(13)15-5-3-14(4-6-15)16(21)18-10-9-17-11-12-22-2;/h3-8,17H,9-12H2,1-2H3,(H,18,21);1H. The number of nitrogens with one attached hydrogen (secondary N) is 2. The largest absolute Gasteiger partial charge is 0.383 e. The van der Waals surface area contributed by atoms with Crippen molar-refractivity contribution in [2.75, 3.05) is 33.4 Å². The minimum Gasteiger partial charge on any atom is -0.383 e. The number of halogens is 1. The van der Waals surface area contributed by atoms with Crippen LogP contribution in [0.15, 0.2) is 36.5 Å². The highest BCUT2D eigenvalue weighted by molar-refractivity contribution is 5.94. The summed E-state index contributed by atoms with van der Waals surface area (Å²) in [4.78, 5) is 12.0. The van der Waals surface area contributed by atoms with E-state index in [0.717, 1.165) is 24.5 Å². The Kier molecular flexibility index (Phi) is 8.32. The highest BCUT2D eigenvalue weighted by atomic mass is 35.5. The highest BCUT2D eigenvalue weighted by Crippen LogP contribution is 2.11. The molecule has 0 aliphatic carbocycles. The predicted molar refractivity (Wildman–Crippen MR) is 92.6 cm³/mol. The first-order chi connectivity index (χ1) is 10.7. The molecule has 23 heavy (non-hydrogen) atoms. The molecule has 1 aromatic carbocycles. The second-order valence-electron chi connectivity index (χ2n) is 4.93. The average Bonchev–Trinajstić information content (AvgIpc) is 2.97. The van der Waals surface area contributed by atoms with Gasteiger partial charge >= 0.3 is 0 Å². The zero-order chi connectivity index (χ0) is 15.8. The smallest absolute Gasteiger partial charge is 0.251 e. The number of aromatic nitrogens is 2. The van der Waals surface area contributed by atoms with Crippen molar-refractivity contribution in [2.45, 2.75) is 6.92 Å². The van der Waals surface area contributed by atoms with Gasteiger partial charge in [0.15, 0.2) is 0 Å². The summed E-state index contributed by atoms with van der Waals surface area (Å²) in [6, 6.07) is 9.35. The summed E-state index contributed by atoms with van der Waals surface area (Å²) in [6.07, 6.45) is 1.76. The number of methoxy groups -OCH3 is 1. The van der Waals surface area contributed by atoms with Crippen LogP contribution >= 0.6 is 12.4 Å². The Morgan fingerprint density at radius 1 is 1.17 bits per heavy atom. The molecule has 0 radical (unpaired) electrons. The first kappa shape index (κ1) is 19.2. The molecule has 0 bridgehead atoms. The van der Waals surface area contributed by atoms with Gasteiger partial charge in [0, 0.05) is 44.2 Å². The van der Waals surface area contributed by atoms with Crippen molar-refractivity contribution in [2.24, 2.45) is 0 Å². The van der Waals surface area contributed by atoms with E-state index in [2.05, 4.69) is 15.7 Å². The molecule has 7 heteroatoms. The quantitative estimate of drug-likeness (QED) is 0.717. The SMILES string of the molecule is COCCNCCNC(=O)c1ccc(-n2nccc2C)cc1.Cl. The maximum absolute atomic E-state index is 12.0. The van der Waals surface area contributed by atoms with Gasteiger partial charge in [-0.3, -0.25) is 4.79 Å². The van der Waals surface area contributed by atoms with Crippen LogP contribution in [0.1, 0.15) is 16.1 Å². The van der Waals surface area contributed by atoms with Crippen molar-refractivity contribution in [1.29, 1.82) is 0 Å². The van der Waals surface area contributed by atoms with Crippen LogP contribution < -0.4 is 10.6 Å². The third-order valence-electron chi connectivity index (χ3n) is 3.28. The highest BCUT2D eigenvalue weighted by Gasteiger charge is 2.06. The Morgan fingerprint density at radius 3 is 2.52 bits per heavy atom. The van der Waals surface area contributed by atoms with Gasteiger partial charge < -0.3 is 15.4 Å². The van der Waals surface area contributed by atoms with Crippen LogP contribution in [0.3, 0.4) is 0 Å². The number of carbonyl (C=O) groups excluding carboxylic acids is 1. The monoisotopic (exact) mass is 338 g/mol. The lowest BCUT2D eigenvalue weighted by Crippen LogP contribution is -2.33. The van der Waals surface area contributed by atoms with Crippen LogP contribution in [-0.2, 0) is 4.74 Å². The Hall–Kier alpha value is -1.89. The van der Waals surface area contributed by atoms with E-state index < -0.39 is 0 Å². The van der Waals surface area contributed by atoms with Crippen molar-refractivity contribution >= 4 is 18.3 Å². The number of rotatable bonds is 8. The normalized spacial score (nSPS) is 10.2. The summed E-state index contributed by atoms with van der Waals surface area (Å²) >= 11 is 0. The lowest BCUT2D eigenvalue weighted by atomic mass is 10.2. The predicted octanol–water partition coefficient (Wildman–Crippen LogP) is 1.57. The van der Waals surface area contributed by atoms with Crippen molar-refractivity contribution in [3.05, 3.63) is 47.8 Å².